The molecule has 1 heterocycles. The summed E-state index contributed by atoms with van der Waals surface area (Å²) in [6.45, 7) is 0. The second-order valence-corrected chi connectivity index (χ2v) is 7.10. The fraction of sp³-hybridized carbons (Fsp3) is 0.526. The number of carbonyl (C=O) groups excluding carboxylic acids is 1. The minimum Gasteiger partial charge on any atom is -0.353 e. The molecule has 2 aromatic rings. The van der Waals surface area contributed by atoms with Crippen LogP contribution < -0.4 is 5.32 Å². The molecule has 0 unspecified atom stereocenters. The highest BCUT2D eigenvalue weighted by molar-refractivity contribution is 5.76. The van der Waals surface area contributed by atoms with Crippen molar-refractivity contribution in [3.8, 4) is 0 Å². The highest BCUT2D eigenvalue weighted by Gasteiger charge is 2.49. The smallest absolute Gasteiger partial charge is 0.220 e. The van der Waals surface area contributed by atoms with Crippen molar-refractivity contribution in [3.05, 3.63) is 47.5 Å². The van der Waals surface area contributed by atoms with Crippen LogP contribution >= 0.6 is 0 Å². The van der Waals surface area contributed by atoms with Crippen molar-refractivity contribution < 1.29 is 4.79 Å². The van der Waals surface area contributed by atoms with E-state index in [0.717, 1.165) is 37.3 Å². The largest absolute Gasteiger partial charge is 0.353 e. The Labute approximate surface area is 142 Å². The van der Waals surface area contributed by atoms with Gasteiger partial charge in [0.2, 0.25) is 5.91 Å². The van der Waals surface area contributed by atoms with Gasteiger partial charge in [-0.15, -0.1) is 0 Å². The molecule has 2 N–H and O–H groups in total. The van der Waals surface area contributed by atoms with E-state index < -0.39 is 0 Å². The van der Waals surface area contributed by atoms with Crippen LogP contribution in [-0.2, 0) is 16.6 Å². The first-order valence-corrected chi connectivity index (χ1v) is 9.03. The molecule has 5 heteroatoms. The molecule has 0 spiro atoms. The topological polar surface area (TPSA) is 70.7 Å². The lowest BCUT2D eigenvalue weighted by Crippen LogP contribution is -2.32. The fourth-order valence-corrected chi connectivity index (χ4v) is 3.75. The highest BCUT2D eigenvalue weighted by atomic mass is 16.1. The standard InChI is InChI=1S/C19H24N4O/c24-17(20-15-8-4-5-9-15)11-10-16-21-18(23-22-16)19(12-13-19)14-6-2-1-3-7-14/h1-3,6-7,15H,4-5,8-13H2,(H,20,24)(H,21,22,23). The number of nitrogens with zero attached hydrogens (tertiary/aromatic N) is 2. The van der Waals surface area contributed by atoms with E-state index in [9.17, 15) is 4.79 Å². The number of nitrogens with one attached hydrogen (secondary N) is 2. The normalized spacial score (nSPS) is 19.3. The minimum atomic E-state index is -0.0118. The van der Waals surface area contributed by atoms with Gasteiger partial charge in [-0.05, 0) is 31.2 Å². The maximum Gasteiger partial charge on any atom is 0.220 e. The molecule has 1 aromatic carbocycles. The van der Waals surface area contributed by atoms with E-state index in [1.54, 1.807) is 0 Å². The molecule has 0 radical (unpaired) electrons. The summed E-state index contributed by atoms with van der Waals surface area (Å²) >= 11 is 0. The van der Waals surface area contributed by atoms with E-state index in [2.05, 4.69) is 44.8 Å². The first-order chi connectivity index (χ1) is 11.8. The lowest BCUT2D eigenvalue weighted by atomic mass is 9.95. The Morgan fingerprint density at radius 3 is 2.67 bits per heavy atom. The number of amides is 1. The van der Waals surface area contributed by atoms with Crippen LogP contribution in [0.2, 0.25) is 0 Å². The van der Waals surface area contributed by atoms with Crippen LogP contribution in [0.4, 0.5) is 0 Å². The Bertz CT molecular complexity index is 699. The molecule has 2 saturated carbocycles. The molecule has 2 fully saturated rings. The van der Waals surface area contributed by atoms with Crippen LogP contribution in [0.3, 0.4) is 0 Å². The zero-order valence-corrected chi connectivity index (χ0v) is 13.9. The maximum atomic E-state index is 12.0. The van der Waals surface area contributed by atoms with E-state index in [4.69, 9.17) is 0 Å². The number of aromatic amines is 1. The number of hydrogen-bond donors (Lipinski definition) is 2. The van der Waals surface area contributed by atoms with Crippen LogP contribution in [0.15, 0.2) is 30.3 Å². The van der Waals surface area contributed by atoms with Crippen LogP contribution in [0.5, 0.6) is 0 Å². The third-order valence-electron chi connectivity index (χ3n) is 5.35. The predicted octanol–water partition coefficient (Wildman–Crippen LogP) is 2.88. The van der Waals surface area contributed by atoms with Crippen LogP contribution in [0, 0.1) is 0 Å². The molecule has 5 nitrogen and oxygen atoms in total. The van der Waals surface area contributed by atoms with E-state index in [-0.39, 0.29) is 11.3 Å². The summed E-state index contributed by atoms with van der Waals surface area (Å²) in [7, 11) is 0. The zero-order chi connectivity index (χ0) is 16.4. The van der Waals surface area contributed by atoms with E-state index in [1.165, 1.54) is 18.4 Å². The van der Waals surface area contributed by atoms with Gasteiger partial charge in [0.1, 0.15) is 5.82 Å². The maximum absolute atomic E-state index is 12.0. The lowest BCUT2D eigenvalue weighted by molar-refractivity contribution is -0.121. The zero-order valence-electron chi connectivity index (χ0n) is 13.9. The molecule has 1 amide bonds. The Morgan fingerprint density at radius 1 is 1.21 bits per heavy atom. The SMILES string of the molecule is O=C(CCc1nc(C2(c3ccccc3)CC2)n[nH]1)NC1CCCC1. The first-order valence-electron chi connectivity index (χ1n) is 9.03. The van der Waals surface area contributed by atoms with Crippen molar-refractivity contribution in [1.82, 2.24) is 20.5 Å². The summed E-state index contributed by atoms with van der Waals surface area (Å²) in [5, 5.41) is 10.6. The third-order valence-corrected chi connectivity index (χ3v) is 5.35. The van der Waals surface area contributed by atoms with Crippen molar-refractivity contribution in [2.75, 3.05) is 0 Å². The molecule has 24 heavy (non-hydrogen) atoms. The Balaban J connectivity index is 1.36. The molecule has 2 aliphatic rings. The minimum absolute atomic E-state index is 0.0118. The molecule has 4 rings (SSSR count). The second-order valence-electron chi connectivity index (χ2n) is 7.10. The monoisotopic (exact) mass is 324 g/mol. The fourth-order valence-electron chi connectivity index (χ4n) is 3.75. The van der Waals surface area contributed by atoms with Crippen molar-refractivity contribution in [3.63, 3.8) is 0 Å². The number of rotatable bonds is 6. The summed E-state index contributed by atoms with van der Waals surface area (Å²) in [5.41, 5.74) is 1.27. The Hall–Kier alpha value is -2.17. The molecular formula is C19H24N4O. The van der Waals surface area contributed by atoms with Crippen LogP contribution in [0.1, 0.15) is 62.2 Å². The van der Waals surface area contributed by atoms with Gasteiger partial charge in [0.15, 0.2) is 5.82 Å². The van der Waals surface area contributed by atoms with Crippen LogP contribution in [0.25, 0.3) is 0 Å². The molecular weight excluding hydrogens is 300 g/mol. The molecule has 0 aliphatic heterocycles. The van der Waals surface area contributed by atoms with E-state index in [1.807, 2.05) is 6.07 Å². The number of hydrogen-bond acceptors (Lipinski definition) is 3. The van der Waals surface area contributed by atoms with Gasteiger partial charge in [0.05, 0.1) is 5.41 Å². The number of benzene rings is 1. The summed E-state index contributed by atoms with van der Waals surface area (Å²) in [6, 6.07) is 10.9. The molecule has 1 aromatic heterocycles. The van der Waals surface area contributed by atoms with Crippen LogP contribution in [-0.4, -0.2) is 27.1 Å². The number of carbonyl (C=O) groups is 1. The number of H-pyrrole nitrogens is 1. The van der Waals surface area contributed by atoms with Crippen molar-refractivity contribution in [1.29, 1.82) is 0 Å². The summed E-state index contributed by atoms with van der Waals surface area (Å²) < 4.78 is 0. The first kappa shape index (κ1) is 15.4. The van der Waals surface area contributed by atoms with Crippen molar-refractivity contribution in [2.45, 2.75) is 62.8 Å². The van der Waals surface area contributed by atoms with Gasteiger partial charge in [0, 0.05) is 18.9 Å². The molecule has 2 aliphatic carbocycles. The highest BCUT2D eigenvalue weighted by Crippen LogP contribution is 2.51. The molecule has 0 saturated heterocycles. The van der Waals surface area contributed by atoms with Gasteiger partial charge in [-0.1, -0.05) is 43.2 Å². The summed E-state index contributed by atoms with van der Waals surface area (Å²) in [4.78, 5) is 16.7. The van der Waals surface area contributed by atoms with Gasteiger partial charge in [-0.2, -0.15) is 5.10 Å². The van der Waals surface area contributed by atoms with Crippen molar-refractivity contribution >= 4 is 5.91 Å². The molecule has 126 valence electrons. The third kappa shape index (κ3) is 3.07. The number of aryl methyl sites for hydroxylation is 1. The summed E-state index contributed by atoms with van der Waals surface area (Å²) in [5.74, 6) is 1.82. The average Bonchev–Trinajstić information content (AvgIpc) is 3.03. The van der Waals surface area contributed by atoms with Gasteiger partial charge in [0.25, 0.3) is 0 Å². The molecule has 0 bridgehead atoms. The summed E-state index contributed by atoms with van der Waals surface area (Å²) in [6.07, 6.45) is 8.00. The molecule has 0 atom stereocenters. The Morgan fingerprint density at radius 2 is 1.96 bits per heavy atom. The lowest BCUT2D eigenvalue weighted by Gasteiger charge is -2.11. The average molecular weight is 324 g/mol. The Kier molecular flexibility index (Phi) is 4.08. The van der Waals surface area contributed by atoms with E-state index in [0.29, 0.717) is 18.9 Å². The van der Waals surface area contributed by atoms with Gasteiger partial charge >= 0.3 is 0 Å². The van der Waals surface area contributed by atoms with Gasteiger partial charge < -0.3 is 5.32 Å². The van der Waals surface area contributed by atoms with Crippen molar-refractivity contribution in [2.24, 2.45) is 0 Å². The van der Waals surface area contributed by atoms with Gasteiger partial charge in [-0.25, -0.2) is 4.98 Å². The predicted molar refractivity (Wildman–Crippen MR) is 91.6 cm³/mol. The van der Waals surface area contributed by atoms with E-state index >= 15 is 0 Å². The second kappa shape index (κ2) is 6.38. The van der Waals surface area contributed by atoms with Gasteiger partial charge in [-0.3, -0.25) is 9.89 Å². The quantitative estimate of drug-likeness (QED) is 0.858. The number of aromatic nitrogens is 3.